The van der Waals surface area contributed by atoms with E-state index in [1.54, 1.807) is 0 Å². The third kappa shape index (κ3) is 2.92. The number of fused-ring (bicyclic) bond motifs is 2. The number of allylic oxidation sites excluding steroid dienone is 2. The zero-order valence-corrected chi connectivity index (χ0v) is 12.1. The monoisotopic (exact) mass is 259 g/mol. The summed E-state index contributed by atoms with van der Waals surface area (Å²) in [6, 6.07) is 2.15. The highest BCUT2D eigenvalue weighted by Gasteiger charge is 2.34. The van der Waals surface area contributed by atoms with Crippen molar-refractivity contribution < 1.29 is 0 Å². The van der Waals surface area contributed by atoms with Gasteiger partial charge in [-0.1, -0.05) is 12.2 Å². The molecule has 1 heterocycles. The van der Waals surface area contributed by atoms with Crippen LogP contribution in [-0.2, 0) is 6.54 Å². The molecular weight excluding hydrogens is 234 g/mol. The maximum absolute atomic E-state index is 4.50. The maximum atomic E-state index is 4.50. The van der Waals surface area contributed by atoms with E-state index in [1.807, 2.05) is 0 Å². The molecule has 0 aromatic carbocycles. The molecule has 0 amide bonds. The molecular formula is C16H25N3. The zero-order chi connectivity index (χ0) is 13.2. The Morgan fingerprint density at radius 2 is 2.21 bits per heavy atom. The van der Waals surface area contributed by atoms with Crippen LogP contribution in [0.2, 0.25) is 0 Å². The Balaban J connectivity index is 1.33. The van der Waals surface area contributed by atoms with Gasteiger partial charge in [0.15, 0.2) is 0 Å². The van der Waals surface area contributed by atoms with Crippen LogP contribution in [0, 0.1) is 31.6 Å². The molecule has 0 spiro atoms. The van der Waals surface area contributed by atoms with E-state index >= 15 is 0 Å². The van der Waals surface area contributed by atoms with Crippen molar-refractivity contribution in [2.75, 3.05) is 13.1 Å². The Morgan fingerprint density at radius 1 is 1.32 bits per heavy atom. The predicted molar refractivity (Wildman–Crippen MR) is 78.0 cm³/mol. The van der Waals surface area contributed by atoms with Crippen molar-refractivity contribution in [1.29, 1.82) is 0 Å². The Bertz CT molecular complexity index is 461. The fraction of sp³-hybridized carbons (Fsp3) is 0.688. The molecule has 3 atom stereocenters. The second-order valence-electron chi connectivity index (χ2n) is 6.25. The molecule has 0 aliphatic heterocycles. The third-order valence-electron chi connectivity index (χ3n) is 4.65. The van der Waals surface area contributed by atoms with E-state index in [2.05, 4.69) is 47.2 Å². The summed E-state index contributed by atoms with van der Waals surface area (Å²) in [5.74, 6) is 2.66. The van der Waals surface area contributed by atoms with Crippen molar-refractivity contribution in [2.24, 2.45) is 17.8 Å². The first-order chi connectivity index (χ1) is 9.22. The summed E-state index contributed by atoms with van der Waals surface area (Å²) in [6.45, 7) is 7.53. The molecule has 0 saturated heterocycles. The Labute approximate surface area is 116 Å². The lowest BCUT2D eigenvalue weighted by Gasteiger charge is -2.18. The fourth-order valence-electron chi connectivity index (χ4n) is 3.67. The van der Waals surface area contributed by atoms with Gasteiger partial charge < -0.3 is 5.32 Å². The van der Waals surface area contributed by atoms with Gasteiger partial charge in [0.05, 0.1) is 5.69 Å². The molecule has 1 saturated carbocycles. The molecule has 3 rings (SSSR count). The molecule has 19 heavy (non-hydrogen) atoms. The van der Waals surface area contributed by atoms with Gasteiger partial charge in [-0.2, -0.15) is 5.10 Å². The van der Waals surface area contributed by atoms with Crippen LogP contribution in [0.3, 0.4) is 0 Å². The number of nitrogens with one attached hydrogen (secondary N) is 1. The van der Waals surface area contributed by atoms with E-state index in [0.717, 1.165) is 36.5 Å². The molecule has 2 aliphatic carbocycles. The smallest absolute Gasteiger partial charge is 0.0596 e. The topological polar surface area (TPSA) is 29.9 Å². The second kappa shape index (κ2) is 5.49. The number of rotatable bonds is 6. The minimum atomic E-state index is 0.869. The van der Waals surface area contributed by atoms with Gasteiger partial charge in [-0.15, -0.1) is 0 Å². The molecule has 2 bridgehead atoms. The molecule has 104 valence electrons. The molecule has 3 unspecified atom stereocenters. The number of hydrogen-bond donors (Lipinski definition) is 1. The first-order valence-electron chi connectivity index (χ1n) is 7.62. The van der Waals surface area contributed by atoms with Crippen molar-refractivity contribution in [3.63, 3.8) is 0 Å². The molecule has 1 N–H and O–H groups in total. The van der Waals surface area contributed by atoms with E-state index < -0.39 is 0 Å². The quantitative estimate of drug-likeness (QED) is 0.629. The average molecular weight is 259 g/mol. The summed E-state index contributed by atoms with van der Waals surface area (Å²) in [5.41, 5.74) is 2.40. The van der Waals surface area contributed by atoms with Gasteiger partial charge in [0.1, 0.15) is 0 Å². The normalized spacial score (nSPS) is 28.4. The van der Waals surface area contributed by atoms with Gasteiger partial charge in [0.2, 0.25) is 0 Å². The third-order valence-corrected chi connectivity index (χ3v) is 4.65. The minimum absolute atomic E-state index is 0.869. The minimum Gasteiger partial charge on any atom is -0.316 e. The van der Waals surface area contributed by atoms with Crippen LogP contribution < -0.4 is 5.32 Å². The first-order valence-corrected chi connectivity index (χ1v) is 7.62. The Hall–Kier alpha value is -1.09. The van der Waals surface area contributed by atoms with Crippen LogP contribution in [0.5, 0.6) is 0 Å². The first kappa shape index (κ1) is 12.9. The van der Waals surface area contributed by atoms with E-state index in [0.29, 0.717) is 0 Å². The lowest BCUT2D eigenvalue weighted by molar-refractivity contribution is 0.407. The summed E-state index contributed by atoms with van der Waals surface area (Å²) in [4.78, 5) is 0. The van der Waals surface area contributed by atoms with Gasteiger partial charge in [-0.3, -0.25) is 4.68 Å². The van der Waals surface area contributed by atoms with E-state index in [9.17, 15) is 0 Å². The number of aromatic nitrogens is 2. The van der Waals surface area contributed by atoms with Crippen LogP contribution in [0.1, 0.15) is 30.7 Å². The molecule has 1 aromatic rings. The van der Waals surface area contributed by atoms with Crippen LogP contribution in [0.4, 0.5) is 0 Å². The van der Waals surface area contributed by atoms with Crippen molar-refractivity contribution >= 4 is 0 Å². The lowest BCUT2D eigenvalue weighted by atomic mass is 9.94. The van der Waals surface area contributed by atoms with Gasteiger partial charge in [0.25, 0.3) is 0 Å². The Kier molecular flexibility index (Phi) is 3.74. The number of hydrogen-bond acceptors (Lipinski definition) is 2. The van der Waals surface area contributed by atoms with Gasteiger partial charge >= 0.3 is 0 Å². The SMILES string of the molecule is Cc1cc(C)n(CCCNCC2CC3C=CC2C3)n1. The van der Waals surface area contributed by atoms with Gasteiger partial charge in [0, 0.05) is 12.2 Å². The predicted octanol–water partition coefficient (Wildman–Crippen LogP) is 2.69. The lowest BCUT2D eigenvalue weighted by Crippen LogP contribution is -2.27. The number of nitrogens with zero attached hydrogens (tertiary/aromatic N) is 2. The molecule has 3 heteroatoms. The van der Waals surface area contributed by atoms with Gasteiger partial charge in [-0.05, 0) is 70.0 Å². The highest BCUT2D eigenvalue weighted by Crippen LogP contribution is 2.42. The highest BCUT2D eigenvalue weighted by molar-refractivity contribution is 5.10. The summed E-state index contributed by atoms with van der Waals surface area (Å²) >= 11 is 0. The van der Waals surface area contributed by atoms with E-state index in [4.69, 9.17) is 0 Å². The fourth-order valence-corrected chi connectivity index (χ4v) is 3.67. The molecule has 1 fully saturated rings. The summed E-state index contributed by atoms with van der Waals surface area (Å²) < 4.78 is 2.12. The van der Waals surface area contributed by atoms with Crippen molar-refractivity contribution in [2.45, 2.75) is 39.7 Å². The summed E-state index contributed by atoms with van der Waals surface area (Å²) in [6.07, 6.45) is 8.85. The van der Waals surface area contributed by atoms with E-state index in [-0.39, 0.29) is 0 Å². The maximum Gasteiger partial charge on any atom is 0.0596 e. The molecule has 3 nitrogen and oxygen atoms in total. The van der Waals surface area contributed by atoms with Crippen molar-refractivity contribution in [3.8, 4) is 0 Å². The van der Waals surface area contributed by atoms with Gasteiger partial charge in [-0.25, -0.2) is 0 Å². The zero-order valence-electron chi connectivity index (χ0n) is 12.1. The van der Waals surface area contributed by atoms with E-state index in [1.165, 1.54) is 31.5 Å². The van der Waals surface area contributed by atoms with Crippen molar-refractivity contribution in [3.05, 3.63) is 29.6 Å². The molecule has 1 aromatic heterocycles. The molecule has 0 radical (unpaired) electrons. The van der Waals surface area contributed by atoms with Crippen LogP contribution >= 0.6 is 0 Å². The largest absolute Gasteiger partial charge is 0.316 e. The average Bonchev–Trinajstić information content (AvgIpc) is 3.05. The highest BCUT2D eigenvalue weighted by atomic mass is 15.3. The van der Waals surface area contributed by atoms with Crippen molar-refractivity contribution in [1.82, 2.24) is 15.1 Å². The summed E-state index contributed by atoms with van der Waals surface area (Å²) in [7, 11) is 0. The summed E-state index contributed by atoms with van der Waals surface area (Å²) in [5, 5.41) is 8.13. The van der Waals surface area contributed by atoms with Crippen LogP contribution in [0.25, 0.3) is 0 Å². The standard InChI is InChI=1S/C16H25N3/c1-12-8-13(2)19(18-12)7-3-6-17-11-16-10-14-4-5-15(16)9-14/h4-5,8,14-17H,3,6-7,9-11H2,1-2H3. The second-order valence-corrected chi connectivity index (χ2v) is 6.25. The molecule has 2 aliphatic rings. The van der Waals surface area contributed by atoms with Crippen LogP contribution in [-0.4, -0.2) is 22.9 Å². The van der Waals surface area contributed by atoms with Crippen LogP contribution in [0.15, 0.2) is 18.2 Å². The number of aryl methyl sites for hydroxylation is 3. The Morgan fingerprint density at radius 3 is 2.84 bits per heavy atom.